The van der Waals surface area contributed by atoms with Gasteiger partial charge in [0.05, 0.1) is 12.5 Å². The molecule has 0 aliphatic carbocycles. The van der Waals surface area contributed by atoms with E-state index in [2.05, 4.69) is 10.1 Å². The van der Waals surface area contributed by atoms with E-state index in [0.29, 0.717) is 6.42 Å². The zero-order valence-corrected chi connectivity index (χ0v) is 9.72. The van der Waals surface area contributed by atoms with E-state index >= 15 is 0 Å². The summed E-state index contributed by atoms with van der Waals surface area (Å²) < 4.78 is 7.28. The Morgan fingerprint density at radius 1 is 1.62 bits per heavy atom. The lowest BCUT2D eigenvalue weighted by molar-refractivity contribution is -0.128. The molecule has 2 unspecified atom stereocenters. The largest absolute Gasteiger partial charge is 0.367 e. The number of carbonyl (C=O) groups excluding carboxylic acids is 1. The molecule has 5 nitrogen and oxygen atoms in total. The minimum atomic E-state index is -0.239. The second kappa shape index (κ2) is 4.74. The van der Waals surface area contributed by atoms with E-state index in [1.54, 1.807) is 4.68 Å². The van der Waals surface area contributed by atoms with Crippen molar-refractivity contribution < 1.29 is 9.53 Å². The van der Waals surface area contributed by atoms with Crippen LogP contribution in [0.5, 0.6) is 0 Å². The van der Waals surface area contributed by atoms with E-state index in [1.165, 1.54) is 6.33 Å². The van der Waals surface area contributed by atoms with Gasteiger partial charge in [-0.05, 0) is 26.7 Å². The first-order chi connectivity index (χ1) is 7.70. The van der Waals surface area contributed by atoms with Crippen molar-refractivity contribution in [2.24, 2.45) is 0 Å². The Kier molecular flexibility index (Phi) is 3.33. The van der Waals surface area contributed by atoms with Gasteiger partial charge in [0.15, 0.2) is 5.78 Å². The molecular weight excluding hydrogens is 206 g/mol. The fourth-order valence-corrected chi connectivity index (χ4v) is 2.00. The maximum Gasteiger partial charge on any atom is 0.169 e. The van der Waals surface area contributed by atoms with Gasteiger partial charge in [-0.15, -0.1) is 0 Å². The van der Waals surface area contributed by atoms with Gasteiger partial charge in [0.2, 0.25) is 0 Å². The molecule has 1 aromatic rings. The average Bonchev–Trinajstić information content (AvgIpc) is 2.86. The summed E-state index contributed by atoms with van der Waals surface area (Å²) in [5.74, 6) is 0.850. The molecule has 5 heteroatoms. The highest BCUT2D eigenvalue weighted by molar-refractivity contribution is 5.84. The van der Waals surface area contributed by atoms with Crippen molar-refractivity contribution in [2.75, 3.05) is 0 Å². The molecule has 0 amide bonds. The van der Waals surface area contributed by atoms with Crippen LogP contribution in [0.1, 0.15) is 32.5 Å². The van der Waals surface area contributed by atoms with Crippen LogP contribution in [-0.4, -0.2) is 32.8 Å². The minimum absolute atomic E-state index is 0.118. The van der Waals surface area contributed by atoms with Crippen molar-refractivity contribution in [1.82, 2.24) is 14.8 Å². The molecule has 1 fully saturated rings. The van der Waals surface area contributed by atoms with Gasteiger partial charge in [0, 0.05) is 6.54 Å². The van der Waals surface area contributed by atoms with Gasteiger partial charge in [0.25, 0.3) is 0 Å². The molecule has 88 valence electrons. The number of hydrogen-bond donors (Lipinski definition) is 0. The minimum Gasteiger partial charge on any atom is -0.367 e. The molecule has 2 rings (SSSR count). The van der Waals surface area contributed by atoms with Gasteiger partial charge >= 0.3 is 0 Å². The maximum atomic E-state index is 11.9. The standard InChI is InChI=1S/C11H17N3O2/c1-3-14-11(12-7-13-14)6-9(15)10-5-4-8(2)16-10/h7-8,10H,3-6H2,1-2H3. The lowest BCUT2D eigenvalue weighted by atomic mass is 10.1. The van der Waals surface area contributed by atoms with Crippen LogP contribution in [-0.2, 0) is 22.5 Å². The third kappa shape index (κ3) is 2.29. The van der Waals surface area contributed by atoms with Crippen LogP contribution in [0.15, 0.2) is 6.33 Å². The quantitative estimate of drug-likeness (QED) is 0.763. The predicted molar refractivity (Wildman–Crippen MR) is 58.0 cm³/mol. The predicted octanol–water partition coefficient (Wildman–Crippen LogP) is 0.977. The number of carbonyl (C=O) groups is 1. The first-order valence-corrected chi connectivity index (χ1v) is 5.75. The van der Waals surface area contributed by atoms with E-state index in [4.69, 9.17) is 4.74 Å². The summed E-state index contributed by atoms with van der Waals surface area (Å²) in [5.41, 5.74) is 0. The Balaban J connectivity index is 1.97. The van der Waals surface area contributed by atoms with Gasteiger partial charge in [-0.25, -0.2) is 9.67 Å². The molecule has 0 N–H and O–H groups in total. The fourth-order valence-electron chi connectivity index (χ4n) is 2.00. The third-order valence-corrected chi connectivity index (χ3v) is 2.92. The Labute approximate surface area is 94.8 Å². The number of nitrogens with zero attached hydrogens (tertiary/aromatic N) is 3. The number of aromatic nitrogens is 3. The molecule has 0 saturated carbocycles. The molecule has 1 aliphatic rings. The van der Waals surface area contributed by atoms with Crippen molar-refractivity contribution in [3.63, 3.8) is 0 Å². The first kappa shape index (κ1) is 11.3. The lowest BCUT2D eigenvalue weighted by Crippen LogP contribution is -2.24. The highest BCUT2D eigenvalue weighted by Crippen LogP contribution is 2.20. The highest BCUT2D eigenvalue weighted by Gasteiger charge is 2.28. The van der Waals surface area contributed by atoms with Crippen LogP contribution in [0, 0.1) is 0 Å². The van der Waals surface area contributed by atoms with E-state index in [1.807, 2.05) is 13.8 Å². The van der Waals surface area contributed by atoms with Crippen molar-refractivity contribution in [3.8, 4) is 0 Å². The smallest absolute Gasteiger partial charge is 0.169 e. The van der Waals surface area contributed by atoms with E-state index in [9.17, 15) is 4.79 Å². The highest BCUT2D eigenvalue weighted by atomic mass is 16.5. The van der Waals surface area contributed by atoms with E-state index in [0.717, 1.165) is 25.2 Å². The van der Waals surface area contributed by atoms with Crippen molar-refractivity contribution >= 4 is 5.78 Å². The fraction of sp³-hybridized carbons (Fsp3) is 0.727. The Bertz CT molecular complexity index is 375. The van der Waals surface area contributed by atoms with Crippen LogP contribution < -0.4 is 0 Å². The maximum absolute atomic E-state index is 11.9. The van der Waals surface area contributed by atoms with Gasteiger partial charge in [0.1, 0.15) is 18.3 Å². The zero-order valence-electron chi connectivity index (χ0n) is 9.72. The Morgan fingerprint density at radius 2 is 2.44 bits per heavy atom. The monoisotopic (exact) mass is 223 g/mol. The number of hydrogen-bond acceptors (Lipinski definition) is 4. The molecule has 0 aromatic carbocycles. The second-order valence-corrected chi connectivity index (χ2v) is 4.15. The number of ether oxygens (including phenoxy) is 1. The summed E-state index contributed by atoms with van der Waals surface area (Å²) in [6.45, 7) is 4.73. The van der Waals surface area contributed by atoms with Crippen molar-refractivity contribution in [3.05, 3.63) is 12.2 Å². The molecule has 1 aromatic heterocycles. The lowest BCUT2D eigenvalue weighted by Gasteiger charge is -2.09. The normalized spacial score (nSPS) is 24.9. The van der Waals surface area contributed by atoms with Crippen LogP contribution >= 0.6 is 0 Å². The van der Waals surface area contributed by atoms with Crippen LogP contribution in [0.2, 0.25) is 0 Å². The van der Waals surface area contributed by atoms with E-state index in [-0.39, 0.29) is 18.0 Å². The van der Waals surface area contributed by atoms with Crippen LogP contribution in [0.25, 0.3) is 0 Å². The average molecular weight is 223 g/mol. The third-order valence-electron chi connectivity index (χ3n) is 2.92. The number of rotatable bonds is 4. The first-order valence-electron chi connectivity index (χ1n) is 5.75. The summed E-state index contributed by atoms with van der Waals surface area (Å²) in [4.78, 5) is 16.0. The summed E-state index contributed by atoms with van der Waals surface area (Å²) in [7, 11) is 0. The van der Waals surface area contributed by atoms with Crippen LogP contribution in [0.3, 0.4) is 0 Å². The molecule has 0 spiro atoms. The van der Waals surface area contributed by atoms with Crippen molar-refractivity contribution in [2.45, 2.75) is 51.9 Å². The number of ketones is 1. The summed E-state index contributed by atoms with van der Waals surface area (Å²) in [5, 5.41) is 4.04. The molecule has 1 saturated heterocycles. The molecular formula is C11H17N3O2. The van der Waals surface area contributed by atoms with Gasteiger partial charge < -0.3 is 4.74 Å². The topological polar surface area (TPSA) is 57.0 Å². The molecule has 0 bridgehead atoms. The van der Waals surface area contributed by atoms with Gasteiger partial charge in [-0.3, -0.25) is 4.79 Å². The SMILES string of the molecule is CCn1ncnc1CC(=O)C1CCC(C)O1. The number of Topliss-reactive ketones (excluding diaryl/α,β-unsaturated/α-hetero) is 1. The molecule has 2 heterocycles. The molecule has 0 radical (unpaired) electrons. The molecule has 16 heavy (non-hydrogen) atoms. The molecule has 2 atom stereocenters. The van der Waals surface area contributed by atoms with Gasteiger partial charge in [-0.1, -0.05) is 0 Å². The zero-order chi connectivity index (χ0) is 11.5. The van der Waals surface area contributed by atoms with Crippen LogP contribution in [0.4, 0.5) is 0 Å². The Hall–Kier alpha value is -1.23. The Morgan fingerprint density at radius 3 is 3.06 bits per heavy atom. The summed E-state index contributed by atoms with van der Waals surface area (Å²) >= 11 is 0. The molecule has 1 aliphatic heterocycles. The van der Waals surface area contributed by atoms with Crippen molar-refractivity contribution in [1.29, 1.82) is 0 Å². The summed E-state index contributed by atoms with van der Waals surface area (Å²) in [6, 6.07) is 0. The summed E-state index contributed by atoms with van der Waals surface area (Å²) in [6.07, 6.45) is 3.59. The van der Waals surface area contributed by atoms with Gasteiger partial charge in [-0.2, -0.15) is 5.10 Å². The number of aryl methyl sites for hydroxylation is 1. The van der Waals surface area contributed by atoms with E-state index < -0.39 is 0 Å². The second-order valence-electron chi connectivity index (χ2n) is 4.15.